The predicted molar refractivity (Wildman–Crippen MR) is 152 cm³/mol. The quantitative estimate of drug-likeness (QED) is 0.294. The third-order valence-corrected chi connectivity index (χ3v) is 5.61. The van der Waals surface area contributed by atoms with Crippen LogP contribution >= 0.6 is 24.4 Å². The van der Waals surface area contributed by atoms with Gasteiger partial charge in [0.15, 0.2) is 10.2 Å². The highest BCUT2D eigenvalue weighted by molar-refractivity contribution is 7.80. The third-order valence-electron chi connectivity index (χ3n) is 5.24. The number of anilines is 5. The Labute approximate surface area is 214 Å². The van der Waals surface area contributed by atoms with Gasteiger partial charge >= 0.3 is 0 Å². The average molecular weight is 498 g/mol. The minimum Gasteiger partial charge on any atom is -0.376 e. The zero-order valence-corrected chi connectivity index (χ0v) is 20.3. The summed E-state index contributed by atoms with van der Waals surface area (Å²) in [6, 6.07) is 33.6. The predicted octanol–water partition coefficient (Wildman–Crippen LogP) is 5.70. The molecule has 0 bridgehead atoms. The first kappa shape index (κ1) is 23.9. The van der Waals surface area contributed by atoms with Crippen molar-refractivity contribution >= 4 is 69.0 Å². The Morgan fingerprint density at radius 1 is 0.571 bits per heavy atom. The molecule has 0 aliphatic heterocycles. The van der Waals surface area contributed by atoms with Crippen molar-refractivity contribution in [2.75, 3.05) is 15.1 Å². The normalized spacial score (nSPS) is 10.3. The molecule has 0 unspecified atom stereocenters. The largest absolute Gasteiger partial charge is 0.376 e. The van der Waals surface area contributed by atoms with Gasteiger partial charge in [0.2, 0.25) is 0 Å². The van der Waals surface area contributed by atoms with Crippen molar-refractivity contribution in [2.24, 2.45) is 11.5 Å². The zero-order chi connectivity index (χ0) is 24.8. The summed E-state index contributed by atoms with van der Waals surface area (Å²) in [6.07, 6.45) is 0. The molecule has 5 N–H and O–H groups in total. The van der Waals surface area contributed by atoms with Gasteiger partial charge < -0.3 is 16.8 Å². The Kier molecular flexibility index (Phi) is 7.35. The topological polar surface area (TPSA) is 87.6 Å². The number of carbonyl (C=O) groups is 1. The van der Waals surface area contributed by atoms with Crippen LogP contribution in [-0.4, -0.2) is 16.1 Å². The van der Waals surface area contributed by atoms with Crippen LogP contribution in [0.2, 0.25) is 0 Å². The number of benzene rings is 4. The second-order valence-corrected chi connectivity index (χ2v) is 8.40. The van der Waals surface area contributed by atoms with E-state index in [9.17, 15) is 4.79 Å². The molecule has 4 aromatic rings. The standard InChI is InChI=1S/C27H23N5OS2/c28-26(34)31(21-7-3-1-4-8-21)23-15-11-19(12-16-23)25(33)30-20-13-17-24(18-14-20)32(27(29)35)22-9-5-2-6-10-22/h1-18H,(H2,28,34)(H2,29,35)(H,30,33). The van der Waals surface area contributed by atoms with E-state index in [2.05, 4.69) is 5.32 Å². The van der Waals surface area contributed by atoms with Gasteiger partial charge in [-0.3, -0.25) is 14.6 Å². The number of amides is 1. The molecule has 8 heteroatoms. The number of nitrogens with one attached hydrogen (secondary N) is 1. The molecule has 174 valence electrons. The number of hydrogen-bond donors (Lipinski definition) is 3. The average Bonchev–Trinajstić information content (AvgIpc) is 2.87. The van der Waals surface area contributed by atoms with Crippen LogP contribution in [0.1, 0.15) is 10.4 Å². The molecule has 0 heterocycles. The van der Waals surface area contributed by atoms with Crippen LogP contribution < -0.4 is 26.6 Å². The highest BCUT2D eigenvalue weighted by atomic mass is 32.1. The van der Waals surface area contributed by atoms with Crippen LogP contribution in [0.5, 0.6) is 0 Å². The van der Waals surface area contributed by atoms with Gasteiger partial charge in [-0.2, -0.15) is 0 Å². The lowest BCUT2D eigenvalue weighted by molar-refractivity contribution is 0.102. The van der Waals surface area contributed by atoms with Crippen LogP contribution in [0.4, 0.5) is 28.4 Å². The molecule has 0 aliphatic carbocycles. The fourth-order valence-electron chi connectivity index (χ4n) is 3.62. The van der Waals surface area contributed by atoms with Gasteiger partial charge in [0, 0.05) is 34.0 Å². The number of carbonyl (C=O) groups excluding carboxylic acids is 1. The highest BCUT2D eigenvalue weighted by Gasteiger charge is 2.15. The zero-order valence-electron chi connectivity index (χ0n) is 18.7. The molecule has 1 amide bonds. The van der Waals surface area contributed by atoms with Crippen LogP contribution in [0.15, 0.2) is 109 Å². The van der Waals surface area contributed by atoms with E-state index in [1.165, 1.54) is 0 Å². The molecule has 0 saturated carbocycles. The fraction of sp³-hybridized carbons (Fsp3) is 0. The molecule has 0 aromatic heterocycles. The molecular weight excluding hydrogens is 474 g/mol. The Balaban J connectivity index is 1.48. The summed E-state index contributed by atoms with van der Waals surface area (Å²) in [6.45, 7) is 0. The molecule has 35 heavy (non-hydrogen) atoms. The third kappa shape index (κ3) is 5.63. The van der Waals surface area contributed by atoms with Gasteiger partial charge in [-0.25, -0.2) is 0 Å². The lowest BCUT2D eigenvalue weighted by Crippen LogP contribution is -2.31. The maximum absolute atomic E-state index is 12.8. The molecular formula is C27H23N5OS2. The summed E-state index contributed by atoms with van der Waals surface area (Å²) in [5, 5.41) is 3.36. The maximum Gasteiger partial charge on any atom is 0.255 e. The summed E-state index contributed by atoms with van der Waals surface area (Å²) < 4.78 is 0. The second kappa shape index (κ2) is 10.8. The van der Waals surface area contributed by atoms with Crippen molar-refractivity contribution in [3.63, 3.8) is 0 Å². The molecule has 4 rings (SSSR count). The molecule has 0 saturated heterocycles. The van der Waals surface area contributed by atoms with Gasteiger partial charge in [-0.1, -0.05) is 36.4 Å². The van der Waals surface area contributed by atoms with E-state index in [1.807, 2.05) is 84.9 Å². The lowest BCUT2D eigenvalue weighted by Gasteiger charge is -2.23. The summed E-state index contributed by atoms with van der Waals surface area (Å²) in [4.78, 5) is 16.3. The maximum atomic E-state index is 12.8. The first-order valence-corrected chi connectivity index (χ1v) is 11.6. The minimum absolute atomic E-state index is 0.218. The first-order valence-electron chi connectivity index (χ1n) is 10.7. The van der Waals surface area contributed by atoms with Gasteiger partial charge in [0.05, 0.1) is 0 Å². The molecule has 6 nitrogen and oxygen atoms in total. The van der Waals surface area contributed by atoms with E-state index in [0.717, 1.165) is 22.7 Å². The Morgan fingerprint density at radius 2 is 0.943 bits per heavy atom. The summed E-state index contributed by atoms with van der Waals surface area (Å²) >= 11 is 10.5. The van der Waals surface area contributed by atoms with E-state index in [1.54, 1.807) is 34.1 Å². The first-order chi connectivity index (χ1) is 16.9. The smallest absolute Gasteiger partial charge is 0.255 e. The van der Waals surface area contributed by atoms with E-state index in [-0.39, 0.29) is 16.1 Å². The monoisotopic (exact) mass is 497 g/mol. The van der Waals surface area contributed by atoms with Crippen LogP contribution in [-0.2, 0) is 0 Å². The minimum atomic E-state index is -0.236. The van der Waals surface area contributed by atoms with Crippen molar-refractivity contribution < 1.29 is 4.79 Å². The van der Waals surface area contributed by atoms with Crippen molar-refractivity contribution in [2.45, 2.75) is 0 Å². The van der Waals surface area contributed by atoms with E-state index in [4.69, 9.17) is 35.9 Å². The number of thiocarbonyl (C=S) groups is 2. The van der Waals surface area contributed by atoms with E-state index >= 15 is 0 Å². The van der Waals surface area contributed by atoms with Crippen molar-refractivity contribution in [3.8, 4) is 0 Å². The fourth-order valence-corrected chi connectivity index (χ4v) is 4.04. The van der Waals surface area contributed by atoms with Crippen molar-refractivity contribution in [1.29, 1.82) is 0 Å². The van der Waals surface area contributed by atoms with E-state index in [0.29, 0.717) is 11.3 Å². The van der Waals surface area contributed by atoms with Gasteiger partial charge in [-0.05, 0) is 97.2 Å². The van der Waals surface area contributed by atoms with Crippen molar-refractivity contribution in [1.82, 2.24) is 0 Å². The van der Waals surface area contributed by atoms with Crippen molar-refractivity contribution in [3.05, 3.63) is 115 Å². The van der Waals surface area contributed by atoms with Crippen LogP contribution in [0.3, 0.4) is 0 Å². The van der Waals surface area contributed by atoms with Gasteiger partial charge in [-0.15, -0.1) is 0 Å². The number of nitrogens with two attached hydrogens (primary N) is 2. The Bertz CT molecular complexity index is 1330. The van der Waals surface area contributed by atoms with Crippen LogP contribution in [0.25, 0.3) is 0 Å². The number of nitrogens with zero attached hydrogens (tertiary/aromatic N) is 2. The van der Waals surface area contributed by atoms with Crippen LogP contribution in [0, 0.1) is 0 Å². The summed E-state index contributed by atoms with van der Waals surface area (Å²) in [7, 11) is 0. The number of hydrogen-bond acceptors (Lipinski definition) is 3. The molecule has 0 aliphatic rings. The summed E-state index contributed by atoms with van der Waals surface area (Å²) in [5.41, 5.74) is 16.3. The van der Waals surface area contributed by atoms with Gasteiger partial charge in [0.25, 0.3) is 5.91 Å². The molecule has 4 aromatic carbocycles. The Hall–Kier alpha value is -4.27. The molecule has 0 atom stereocenters. The molecule has 0 fully saturated rings. The second-order valence-electron chi connectivity index (χ2n) is 7.57. The number of rotatable bonds is 6. The van der Waals surface area contributed by atoms with Gasteiger partial charge in [0.1, 0.15) is 0 Å². The molecule has 0 radical (unpaired) electrons. The highest BCUT2D eigenvalue weighted by Crippen LogP contribution is 2.28. The number of para-hydroxylation sites is 2. The Morgan fingerprint density at radius 3 is 1.34 bits per heavy atom. The SMILES string of the molecule is NC(=S)N(c1ccccc1)c1ccc(NC(=O)c2ccc(N(C(N)=S)c3ccccc3)cc2)cc1. The molecule has 0 spiro atoms. The lowest BCUT2D eigenvalue weighted by atomic mass is 10.1. The summed E-state index contributed by atoms with van der Waals surface area (Å²) in [5.74, 6) is -0.236. The van der Waals surface area contributed by atoms with E-state index < -0.39 is 0 Å².